The zero-order chi connectivity index (χ0) is 30.9. The van der Waals surface area contributed by atoms with Crippen molar-refractivity contribution < 1.29 is 34.8 Å². The normalized spacial score (nSPS) is 27.0. The number of aliphatic hydroxyl groups is 3. The number of nitrogens with two attached hydrogens (primary N) is 1. The molecule has 5 atom stereocenters. The van der Waals surface area contributed by atoms with Crippen LogP contribution in [0.5, 0.6) is 5.75 Å². The van der Waals surface area contributed by atoms with Crippen LogP contribution in [0.4, 0.5) is 5.69 Å². The fourth-order valence-corrected chi connectivity index (χ4v) is 6.64. The molecule has 1 aromatic rings. The molecular weight excluding hydrogens is 528 g/mol. The molecule has 0 heterocycles. The van der Waals surface area contributed by atoms with Gasteiger partial charge in [-0.15, -0.1) is 0 Å². The van der Waals surface area contributed by atoms with Gasteiger partial charge < -0.3 is 36.4 Å². The Kier molecular flexibility index (Phi) is 7.56. The highest BCUT2D eigenvalue weighted by molar-refractivity contribution is 6.24. The van der Waals surface area contributed by atoms with E-state index in [-0.39, 0.29) is 41.2 Å². The van der Waals surface area contributed by atoms with Gasteiger partial charge in [-0.25, -0.2) is 0 Å². The third-order valence-corrected chi connectivity index (χ3v) is 9.12. The molecule has 7 N–H and O–H groups in total. The van der Waals surface area contributed by atoms with E-state index in [9.17, 15) is 34.8 Å². The number of carbonyl (C=O) groups is 3. The molecule has 3 aliphatic carbocycles. The standard InChI is InChI=1S/C30H42N4O7/c1-13(29(2,3)4)32-12-15-11-18(35)20-16(22(15)33(5)6)9-14-10-17-23(34(7)8)25(37)21(28(31)40)27(39)30(17,41)26(38)19(14)24(20)36/h11,13-14,17,23,32,35,37-38,41H,9-10,12H2,1-8H3,(H2,31,40)/t13-,14+,17+,23+,30+/m1/s1. The average Bonchev–Trinajstić information content (AvgIpc) is 2.83. The van der Waals surface area contributed by atoms with Crippen LogP contribution in [0.15, 0.2) is 28.7 Å². The molecule has 4 rings (SSSR count). The zero-order valence-corrected chi connectivity index (χ0v) is 25.0. The summed E-state index contributed by atoms with van der Waals surface area (Å²) in [5.74, 6) is -6.61. The predicted octanol–water partition coefficient (Wildman–Crippen LogP) is 1.71. The molecule has 0 bridgehead atoms. The van der Waals surface area contributed by atoms with E-state index in [1.54, 1.807) is 14.1 Å². The highest BCUT2D eigenvalue weighted by Crippen LogP contribution is 2.53. The number of phenolic OH excluding ortho intramolecular Hbond substituents is 1. The zero-order valence-electron chi connectivity index (χ0n) is 25.0. The minimum atomic E-state index is -2.66. The van der Waals surface area contributed by atoms with Gasteiger partial charge in [-0.3, -0.25) is 19.3 Å². The van der Waals surface area contributed by atoms with Gasteiger partial charge in [-0.05, 0) is 62.4 Å². The topological polar surface area (TPSA) is 177 Å². The SMILES string of the molecule is C[C@@H](NCc1cc(O)c2c(c1N(C)C)C[C@H]1C[C@H]3[C@H](N(C)C)C(O)=C(C(N)=O)C(=O)[C@@]3(O)C(O)=C1C2=O)C(C)(C)C. The summed E-state index contributed by atoms with van der Waals surface area (Å²) in [4.78, 5) is 43.0. The molecule has 0 aliphatic heterocycles. The molecule has 3 aliphatic rings. The Hall–Kier alpha value is -3.41. The number of hydrogen-bond donors (Lipinski definition) is 6. The van der Waals surface area contributed by atoms with Gasteiger partial charge in [0, 0.05) is 43.9 Å². The van der Waals surface area contributed by atoms with E-state index < -0.39 is 58.0 Å². The van der Waals surface area contributed by atoms with Crippen molar-refractivity contribution in [3.8, 4) is 5.75 Å². The maximum absolute atomic E-state index is 14.0. The molecule has 0 saturated heterocycles. The summed E-state index contributed by atoms with van der Waals surface area (Å²) in [5, 5.41) is 48.8. The van der Waals surface area contributed by atoms with Crippen molar-refractivity contribution in [2.45, 2.75) is 64.8 Å². The van der Waals surface area contributed by atoms with Crippen LogP contribution in [0.25, 0.3) is 0 Å². The van der Waals surface area contributed by atoms with Gasteiger partial charge in [0.15, 0.2) is 11.4 Å². The van der Waals surface area contributed by atoms with Gasteiger partial charge in [0.2, 0.25) is 5.78 Å². The molecule has 0 fully saturated rings. The van der Waals surface area contributed by atoms with E-state index in [1.165, 1.54) is 11.0 Å². The maximum Gasteiger partial charge on any atom is 0.255 e. The number of amides is 1. The number of carbonyl (C=O) groups excluding carboxylic acids is 3. The van der Waals surface area contributed by atoms with Crippen molar-refractivity contribution in [1.29, 1.82) is 0 Å². The third kappa shape index (κ3) is 4.60. The van der Waals surface area contributed by atoms with Crippen LogP contribution in [0.2, 0.25) is 0 Å². The summed E-state index contributed by atoms with van der Waals surface area (Å²) in [7, 11) is 6.92. The van der Waals surface area contributed by atoms with Gasteiger partial charge >= 0.3 is 0 Å². The van der Waals surface area contributed by atoms with E-state index in [1.807, 2.05) is 19.0 Å². The Morgan fingerprint density at radius 2 is 1.78 bits per heavy atom. The molecule has 0 unspecified atom stereocenters. The molecule has 224 valence electrons. The number of benzene rings is 1. The number of phenols is 1. The van der Waals surface area contributed by atoms with Crippen LogP contribution >= 0.6 is 0 Å². The lowest BCUT2D eigenvalue weighted by Crippen LogP contribution is -2.63. The van der Waals surface area contributed by atoms with Gasteiger partial charge in [-0.1, -0.05) is 20.8 Å². The van der Waals surface area contributed by atoms with Crippen molar-refractivity contribution in [3.05, 3.63) is 45.4 Å². The number of nitrogens with one attached hydrogen (secondary N) is 1. The third-order valence-electron chi connectivity index (χ3n) is 9.12. The van der Waals surface area contributed by atoms with E-state index >= 15 is 0 Å². The number of likely N-dealkylation sites (N-methyl/N-ethyl adjacent to an activating group) is 1. The number of ketones is 2. The van der Waals surface area contributed by atoms with Gasteiger partial charge in [0.05, 0.1) is 11.6 Å². The van der Waals surface area contributed by atoms with E-state index in [4.69, 9.17) is 5.73 Å². The smallest absolute Gasteiger partial charge is 0.255 e. The summed E-state index contributed by atoms with van der Waals surface area (Å²) in [6, 6.07) is 0.654. The number of rotatable bonds is 6. The second kappa shape index (κ2) is 10.1. The van der Waals surface area contributed by atoms with Crippen LogP contribution in [0.3, 0.4) is 0 Å². The van der Waals surface area contributed by atoms with Crippen LogP contribution < -0.4 is 16.0 Å². The first-order chi connectivity index (χ1) is 18.8. The average molecular weight is 571 g/mol. The van der Waals surface area contributed by atoms with Crippen molar-refractivity contribution in [3.63, 3.8) is 0 Å². The van der Waals surface area contributed by atoms with Gasteiger partial charge in [-0.2, -0.15) is 0 Å². The first kappa shape index (κ1) is 30.5. The molecule has 11 nitrogen and oxygen atoms in total. The summed E-state index contributed by atoms with van der Waals surface area (Å²) >= 11 is 0. The lowest BCUT2D eigenvalue weighted by atomic mass is 9.58. The minimum Gasteiger partial charge on any atom is -0.510 e. The number of fused-ring (bicyclic) bond motifs is 3. The summed E-state index contributed by atoms with van der Waals surface area (Å²) in [6.45, 7) is 8.90. The summed E-state index contributed by atoms with van der Waals surface area (Å²) < 4.78 is 0. The number of anilines is 1. The van der Waals surface area contributed by atoms with Gasteiger partial charge in [0.1, 0.15) is 22.8 Å². The van der Waals surface area contributed by atoms with E-state index in [0.717, 1.165) is 11.3 Å². The Bertz CT molecular complexity index is 1390. The molecular formula is C30H42N4O7. The van der Waals surface area contributed by atoms with Crippen molar-refractivity contribution in [1.82, 2.24) is 10.2 Å². The van der Waals surface area contributed by atoms with Crippen LogP contribution in [0.1, 0.15) is 55.6 Å². The second-order valence-electron chi connectivity index (χ2n) is 13.1. The molecule has 0 saturated carbocycles. The van der Waals surface area contributed by atoms with E-state index in [0.29, 0.717) is 12.1 Å². The lowest BCUT2D eigenvalue weighted by Gasteiger charge is -2.50. The van der Waals surface area contributed by atoms with E-state index in [2.05, 4.69) is 33.0 Å². The number of primary amides is 1. The van der Waals surface area contributed by atoms with Crippen LogP contribution in [0, 0.1) is 17.3 Å². The number of allylic oxidation sites excluding steroid dienone is 1. The summed E-state index contributed by atoms with van der Waals surface area (Å²) in [5.41, 5.74) is 3.91. The Balaban J connectivity index is 1.89. The molecule has 41 heavy (non-hydrogen) atoms. The fraction of sp³-hybridized carbons (Fsp3) is 0.567. The molecule has 1 aromatic carbocycles. The molecule has 0 radical (unpaired) electrons. The first-order valence-corrected chi connectivity index (χ1v) is 13.8. The minimum absolute atomic E-state index is 0.00195. The number of aromatic hydroxyl groups is 1. The van der Waals surface area contributed by atoms with Crippen molar-refractivity contribution >= 4 is 23.2 Å². The second-order valence-corrected chi connectivity index (χ2v) is 13.1. The molecule has 0 aromatic heterocycles. The maximum atomic E-state index is 14.0. The Labute approximate surface area is 240 Å². The number of hydrogen-bond acceptors (Lipinski definition) is 10. The predicted molar refractivity (Wildman–Crippen MR) is 154 cm³/mol. The summed E-state index contributed by atoms with van der Waals surface area (Å²) in [6.07, 6.45) is 0.279. The number of Topliss-reactive ketones (excluding diaryl/α,β-unsaturated/α-hetero) is 2. The van der Waals surface area contributed by atoms with Gasteiger partial charge in [0.25, 0.3) is 5.91 Å². The molecule has 1 amide bonds. The monoisotopic (exact) mass is 570 g/mol. The lowest BCUT2D eigenvalue weighted by molar-refractivity contribution is -0.148. The highest BCUT2D eigenvalue weighted by Gasteiger charge is 2.63. The Morgan fingerprint density at radius 1 is 1.17 bits per heavy atom. The van der Waals surface area contributed by atoms with Crippen LogP contribution in [-0.2, 0) is 22.6 Å². The molecule has 0 spiro atoms. The first-order valence-electron chi connectivity index (χ1n) is 13.8. The largest absolute Gasteiger partial charge is 0.510 e. The molecule has 11 heteroatoms. The highest BCUT2D eigenvalue weighted by atomic mass is 16.3. The van der Waals surface area contributed by atoms with Crippen LogP contribution in [-0.4, -0.2) is 88.7 Å². The Morgan fingerprint density at radius 3 is 2.29 bits per heavy atom. The number of nitrogens with zero attached hydrogens (tertiary/aromatic N) is 2. The quantitative estimate of drug-likeness (QED) is 0.276. The van der Waals surface area contributed by atoms with Crippen molar-refractivity contribution in [2.75, 3.05) is 33.1 Å². The van der Waals surface area contributed by atoms with Crippen molar-refractivity contribution in [2.24, 2.45) is 23.0 Å². The number of aliphatic hydroxyl groups excluding tert-OH is 2. The fourth-order valence-electron chi connectivity index (χ4n) is 6.64.